The summed E-state index contributed by atoms with van der Waals surface area (Å²) in [5.41, 5.74) is 0.341. The first-order chi connectivity index (χ1) is 9.47. The van der Waals surface area contributed by atoms with Gasteiger partial charge in [0.05, 0.1) is 6.54 Å². The fourth-order valence-corrected chi connectivity index (χ4v) is 2.54. The highest BCUT2D eigenvalue weighted by atomic mass is 35.5. The summed E-state index contributed by atoms with van der Waals surface area (Å²) in [6.07, 6.45) is 0. The number of benzene rings is 1. The summed E-state index contributed by atoms with van der Waals surface area (Å²) in [7, 11) is 0. The van der Waals surface area contributed by atoms with Crippen molar-refractivity contribution in [2.24, 2.45) is 0 Å². The second-order valence-corrected chi connectivity index (χ2v) is 5.82. The smallest absolute Gasteiger partial charge is 0.319 e. The van der Waals surface area contributed by atoms with Gasteiger partial charge < -0.3 is 15.7 Å². The molecule has 1 aromatic heterocycles. The van der Waals surface area contributed by atoms with Crippen molar-refractivity contribution in [3.8, 4) is 0 Å². The number of anilines is 1. The third kappa shape index (κ3) is 3.96. The topological polar surface area (TPSA) is 61.4 Å². The third-order valence-electron chi connectivity index (χ3n) is 2.84. The van der Waals surface area contributed by atoms with Gasteiger partial charge in [-0.1, -0.05) is 11.6 Å². The number of thiophene rings is 1. The minimum Gasteiger partial charge on any atom is -0.384 e. The van der Waals surface area contributed by atoms with Crippen LogP contribution in [0.25, 0.3) is 0 Å². The Hall–Kier alpha value is -1.56. The van der Waals surface area contributed by atoms with Crippen LogP contribution >= 0.6 is 22.9 Å². The second kappa shape index (κ2) is 6.26. The largest absolute Gasteiger partial charge is 0.384 e. The van der Waals surface area contributed by atoms with Crippen LogP contribution < -0.4 is 10.6 Å². The quantitative estimate of drug-likeness (QED) is 0.810. The van der Waals surface area contributed by atoms with Gasteiger partial charge in [0.25, 0.3) is 0 Å². The van der Waals surface area contributed by atoms with Gasteiger partial charge in [0.2, 0.25) is 0 Å². The van der Waals surface area contributed by atoms with Crippen molar-refractivity contribution in [3.05, 3.63) is 51.7 Å². The van der Waals surface area contributed by atoms with Gasteiger partial charge in [0.1, 0.15) is 5.60 Å². The molecule has 1 heterocycles. The molecule has 4 nitrogen and oxygen atoms in total. The molecular weight excluding hydrogens is 296 g/mol. The van der Waals surface area contributed by atoms with Crippen LogP contribution in [-0.4, -0.2) is 17.7 Å². The molecule has 0 fully saturated rings. The van der Waals surface area contributed by atoms with Crippen LogP contribution in [0.2, 0.25) is 5.02 Å². The normalized spacial score (nSPS) is 13.6. The molecule has 0 aliphatic rings. The monoisotopic (exact) mass is 310 g/mol. The number of nitrogens with one attached hydrogen (secondary N) is 2. The molecule has 20 heavy (non-hydrogen) atoms. The van der Waals surface area contributed by atoms with E-state index in [1.807, 2.05) is 16.8 Å². The summed E-state index contributed by atoms with van der Waals surface area (Å²) < 4.78 is 0. The fraction of sp³-hybridized carbons (Fsp3) is 0.214. The number of carbonyl (C=O) groups excluding carboxylic acids is 1. The van der Waals surface area contributed by atoms with Crippen molar-refractivity contribution in [2.45, 2.75) is 12.5 Å². The number of hydrogen-bond acceptors (Lipinski definition) is 3. The molecule has 2 amide bonds. The predicted octanol–water partition coefficient (Wildman–Crippen LogP) is 3.43. The van der Waals surface area contributed by atoms with E-state index in [2.05, 4.69) is 10.6 Å². The summed E-state index contributed by atoms with van der Waals surface area (Å²) in [5, 5.41) is 19.9. The van der Waals surface area contributed by atoms with Gasteiger partial charge in [-0.15, -0.1) is 0 Å². The Morgan fingerprint density at radius 2 is 2.05 bits per heavy atom. The lowest BCUT2D eigenvalue weighted by Crippen LogP contribution is -2.40. The second-order valence-electron chi connectivity index (χ2n) is 4.60. The highest BCUT2D eigenvalue weighted by Gasteiger charge is 2.24. The molecule has 0 aliphatic carbocycles. The number of aliphatic hydroxyl groups is 1. The maximum absolute atomic E-state index is 11.7. The Labute approximate surface area is 126 Å². The molecule has 0 aliphatic heterocycles. The van der Waals surface area contributed by atoms with Crippen LogP contribution in [0.1, 0.15) is 12.5 Å². The summed E-state index contributed by atoms with van der Waals surface area (Å²) in [5.74, 6) is 0. The van der Waals surface area contributed by atoms with E-state index >= 15 is 0 Å². The number of halogens is 1. The lowest BCUT2D eigenvalue weighted by Gasteiger charge is -2.22. The van der Waals surface area contributed by atoms with E-state index in [1.165, 1.54) is 11.3 Å². The van der Waals surface area contributed by atoms with E-state index in [9.17, 15) is 9.90 Å². The highest BCUT2D eigenvalue weighted by Crippen LogP contribution is 2.22. The van der Waals surface area contributed by atoms with Crippen molar-refractivity contribution in [1.29, 1.82) is 0 Å². The first-order valence-corrected chi connectivity index (χ1v) is 7.35. The molecule has 2 rings (SSSR count). The number of rotatable bonds is 4. The molecule has 1 atom stereocenters. The highest BCUT2D eigenvalue weighted by molar-refractivity contribution is 7.08. The zero-order chi connectivity index (χ0) is 14.6. The summed E-state index contributed by atoms with van der Waals surface area (Å²) in [4.78, 5) is 11.7. The number of hydrogen-bond donors (Lipinski definition) is 3. The Kier molecular flexibility index (Phi) is 4.65. The van der Waals surface area contributed by atoms with Crippen LogP contribution in [-0.2, 0) is 5.60 Å². The van der Waals surface area contributed by atoms with Crippen molar-refractivity contribution in [2.75, 3.05) is 11.9 Å². The number of urea groups is 1. The van der Waals surface area contributed by atoms with Gasteiger partial charge in [-0.05, 0) is 53.6 Å². The maximum atomic E-state index is 11.7. The van der Waals surface area contributed by atoms with E-state index in [4.69, 9.17) is 11.6 Å². The van der Waals surface area contributed by atoms with Crippen LogP contribution in [0, 0.1) is 0 Å². The molecule has 0 saturated carbocycles. The molecule has 2 aromatic rings. The molecule has 0 radical (unpaired) electrons. The fourth-order valence-electron chi connectivity index (χ4n) is 1.63. The average molecular weight is 311 g/mol. The number of amides is 2. The third-order valence-corrected chi connectivity index (χ3v) is 3.77. The minimum atomic E-state index is -1.09. The first kappa shape index (κ1) is 14.8. The van der Waals surface area contributed by atoms with Crippen molar-refractivity contribution < 1.29 is 9.90 Å². The summed E-state index contributed by atoms with van der Waals surface area (Å²) in [6, 6.07) is 8.27. The standard InChI is InChI=1S/C14H15ClN2O2S/c1-14(19,10-6-7-20-8-10)9-16-13(18)17-12-4-2-11(15)3-5-12/h2-8,19H,9H2,1H3,(H2,16,17,18). The predicted molar refractivity (Wildman–Crippen MR) is 82.4 cm³/mol. The molecule has 3 N–H and O–H groups in total. The molecule has 6 heteroatoms. The maximum Gasteiger partial charge on any atom is 0.319 e. The van der Waals surface area contributed by atoms with Crippen molar-refractivity contribution in [1.82, 2.24) is 5.32 Å². The van der Waals surface area contributed by atoms with Crippen LogP contribution in [0.3, 0.4) is 0 Å². The zero-order valence-electron chi connectivity index (χ0n) is 10.9. The van der Waals surface area contributed by atoms with Crippen molar-refractivity contribution >= 4 is 34.7 Å². The molecule has 0 saturated heterocycles. The van der Waals surface area contributed by atoms with Gasteiger partial charge in [-0.2, -0.15) is 11.3 Å². The Morgan fingerprint density at radius 3 is 2.65 bits per heavy atom. The summed E-state index contributed by atoms with van der Waals surface area (Å²) >= 11 is 7.27. The molecule has 0 spiro atoms. The van der Waals surface area contributed by atoms with Gasteiger partial charge in [-0.3, -0.25) is 0 Å². The Balaban J connectivity index is 1.88. The lowest BCUT2D eigenvalue weighted by atomic mass is 9.99. The molecule has 1 aromatic carbocycles. The Morgan fingerprint density at radius 1 is 1.35 bits per heavy atom. The van der Waals surface area contributed by atoms with E-state index in [-0.39, 0.29) is 12.6 Å². The van der Waals surface area contributed by atoms with E-state index in [1.54, 1.807) is 31.2 Å². The van der Waals surface area contributed by atoms with Crippen molar-refractivity contribution in [3.63, 3.8) is 0 Å². The van der Waals surface area contributed by atoms with E-state index in [0.717, 1.165) is 5.56 Å². The Bertz CT molecular complexity index is 567. The van der Waals surface area contributed by atoms with Crippen LogP contribution in [0.15, 0.2) is 41.1 Å². The zero-order valence-corrected chi connectivity index (χ0v) is 12.5. The van der Waals surface area contributed by atoms with Gasteiger partial charge in [0, 0.05) is 10.7 Å². The number of carbonyl (C=O) groups is 1. The summed E-state index contributed by atoms with van der Waals surface area (Å²) in [6.45, 7) is 1.79. The van der Waals surface area contributed by atoms with E-state index < -0.39 is 5.60 Å². The van der Waals surface area contributed by atoms with Gasteiger partial charge in [-0.25, -0.2) is 4.79 Å². The van der Waals surface area contributed by atoms with Gasteiger partial charge in [0.15, 0.2) is 0 Å². The molecule has 0 bridgehead atoms. The first-order valence-electron chi connectivity index (χ1n) is 6.03. The molecule has 1 unspecified atom stereocenters. The molecular formula is C14H15ClN2O2S. The SMILES string of the molecule is CC(O)(CNC(=O)Nc1ccc(Cl)cc1)c1ccsc1. The minimum absolute atomic E-state index is 0.128. The van der Waals surface area contributed by atoms with Crippen LogP contribution in [0.5, 0.6) is 0 Å². The van der Waals surface area contributed by atoms with Gasteiger partial charge >= 0.3 is 6.03 Å². The average Bonchev–Trinajstić information content (AvgIpc) is 2.94. The lowest BCUT2D eigenvalue weighted by molar-refractivity contribution is 0.0604. The van der Waals surface area contributed by atoms with E-state index in [0.29, 0.717) is 10.7 Å². The molecule has 106 valence electrons. The van der Waals surface area contributed by atoms with Crippen LogP contribution in [0.4, 0.5) is 10.5 Å².